The van der Waals surface area contributed by atoms with Crippen molar-refractivity contribution in [2.75, 3.05) is 5.73 Å². The first-order valence-electron chi connectivity index (χ1n) is 5.75. The summed E-state index contributed by atoms with van der Waals surface area (Å²) in [6.45, 7) is 0. The van der Waals surface area contributed by atoms with Crippen LogP contribution in [0.15, 0.2) is 12.7 Å². The number of hydrogen-bond donors (Lipinski definition) is 3. The number of imidazole rings is 1. The van der Waals surface area contributed by atoms with Gasteiger partial charge in [-0.05, 0) is 0 Å². The molecule has 1 saturated heterocycles. The minimum Gasteiger partial charge on any atom is -0.385 e. The molecule has 0 unspecified atom stereocenters. The van der Waals surface area contributed by atoms with E-state index in [0.717, 1.165) is 0 Å². The third kappa shape index (κ3) is 2.10. The standard InChI is InChI=1S/C9H10N6O6/c10-6-3-7(12-1-11-6)14(2-13-3)8-4(16)5(17)9(20-8)21-15(18)19/h1-2,4-5,8-9,16-17H,(H2,10,11,12)/t4-,5+,8-,9-/m1/s1. The van der Waals surface area contributed by atoms with Crippen molar-refractivity contribution in [3.05, 3.63) is 22.8 Å². The van der Waals surface area contributed by atoms with Gasteiger partial charge in [0.2, 0.25) is 6.29 Å². The average Bonchev–Trinajstić information content (AvgIpc) is 2.96. The second-order valence-corrected chi connectivity index (χ2v) is 4.29. The van der Waals surface area contributed by atoms with Crippen LogP contribution in [0.5, 0.6) is 0 Å². The molecule has 0 aliphatic carbocycles. The Labute approximate surface area is 115 Å². The van der Waals surface area contributed by atoms with Crippen LogP contribution < -0.4 is 5.73 Å². The lowest BCUT2D eigenvalue weighted by atomic mass is 10.2. The maximum atomic E-state index is 10.3. The zero-order chi connectivity index (χ0) is 15.1. The molecule has 0 bridgehead atoms. The van der Waals surface area contributed by atoms with Crippen molar-refractivity contribution in [2.24, 2.45) is 0 Å². The van der Waals surface area contributed by atoms with Crippen molar-refractivity contribution < 1.29 is 24.9 Å². The molecule has 0 aromatic carbocycles. The molecule has 0 amide bonds. The molecule has 0 spiro atoms. The van der Waals surface area contributed by atoms with Crippen LogP contribution in [-0.4, -0.2) is 53.3 Å². The van der Waals surface area contributed by atoms with E-state index in [1.54, 1.807) is 0 Å². The van der Waals surface area contributed by atoms with E-state index in [1.165, 1.54) is 17.2 Å². The Bertz CT molecular complexity index is 690. The Morgan fingerprint density at radius 3 is 2.86 bits per heavy atom. The highest BCUT2D eigenvalue weighted by molar-refractivity contribution is 5.81. The lowest BCUT2D eigenvalue weighted by Gasteiger charge is -2.15. The molecule has 3 heterocycles. The molecule has 12 heteroatoms. The van der Waals surface area contributed by atoms with Gasteiger partial charge in [-0.1, -0.05) is 0 Å². The molecule has 1 aliphatic heterocycles. The van der Waals surface area contributed by atoms with Crippen LogP contribution in [-0.2, 0) is 9.57 Å². The van der Waals surface area contributed by atoms with E-state index in [9.17, 15) is 20.3 Å². The van der Waals surface area contributed by atoms with Crippen LogP contribution in [0.1, 0.15) is 6.23 Å². The van der Waals surface area contributed by atoms with Crippen molar-refractivity contribution in [2.45, 2.75) is 24.7 Å². The maximum Gasteiger partial charge on any atom is 0.297 e. The highest BCUT2D eigenvalue weighted by atomic mass is 17.0. The van der Waals surface area contributed by atoms with E-state index in [0.29, 0.717) is 0 Å². The molecule has 12 nitrogen and oxygen atoms in total. The summed E-state index contributed by atoms with van der Waals surface area (Å²) in [6.07, 6.45) is -3.38. The second kappa shape index (κ2) is 4.76. The molecule has 1 aliphatic rings. The summed E-state index contributed by atoms with van der Waals surface area (Å²) in [6, 6.07) is 0. The second-order valence-electron chi connectivity index (χ2n) is 4.29. The van der Waals surface area contributed by atoms with Gasteiger partial charge in [-0.2, -0.15) is 0 Å². The molecule has 0 radical (unpaired) electrons. The fourth-order valence-corrected chi connectivity index (χ4v) is 2.09. The molecule has 1 fully saturated rings. The first-order valence-corrected chi connectivity index (χ1v) is 5.75. The van der Waals surface area contributed by atoms with Crippen LogP contribution in [0.2, 0.25) is 0 Å². The third-order valence-electron chi connectivity index (χ3n) is 3.05. The predicted octanol–water partition coefficient (Wildman–Crippen LogP) is -1.81. The van der Waals surface area contributed by atoms with Crippen molar-refractivity contribution >= 4 is 17.0 Å². The lowest BCUT2D eigenvalue weighted by molar-refractivity contribution is -0.782. The monoisotopic (exact) mass is 298 g/mol. The summed E-state index contributed by atoms with van der Waals surface area (Å²) in [7, 11) is 0. The van der Waals surface area contributed by atoms with Gasteiger partial charge in [0.05, 0.1) is 6.33 Å². The Morgan fingerprint density at radius 1 is 1.38 bits per heavy atom. The van der Waals surface area contributed by atoms with Gasteiger partial charge in [-0.3, -0.25) is 9.40 Å². The summed E-state index contributed by atoms with van der Waals surface area (Å²) in [5.41, 5.74) is 6.16. The van der Waals surface area contributed by atoms with Gasteiger partial charge in [-0.15, -0.1) is 10.1 Å². The Kier molecular flexibility index (Phi) is 3.04. The highest BCUT2D eigenvalue weighted by Gasteiger charge is 2.46. The number of hydrogen-bond acceptors (Lipinski definition) is 10. The van der Waals surface area contributed by atoms with Crippen LogP contribution >= 0.6 is 0 Å². The van der Waals surface area contributed by atoms with Crippen LogP contribution in [0, 0.1) is 10.1 Å². The summed E-state index contributed by atoms with van der Waals surface area (Å²) in [4.78, 5) is 26.2. The minimum atomic E-state index is -1.61. The third-order valence-corrected chi connectivity index (χ3v) is 3.05. The van der Waals surface area contributed by atoms with Crippen molar-refractivity contribution in [3.8, 4) is 0 Å². The number of nitrogen functional groups attached to an aromatic ring is 1. The predicted molar refractivity (Wildman–Crippen MR) is 63.7 cm³/mol. The topological polar surface area (TPSA) is 172 Å². The summed E-state index contributed by atoms with van der Waals surface area (Å²) >= 11 is 0. The molecular weight excluding hydrogens is 288 g/mol. The average molecular weight is 298 g/mol. The van der Waals surface area contributed by atoms with E-state index in [1.807, 2.05) is 0 Å². The number of nitrogens with two attached hydrogens (primary N) is 1. The molecule has 2 aromatic rings. The number of aromatic nitrogens is 4. The van der Waals surface area contributed by atoms with Gasteiger partial charge in [0.1, 0.15) is 24.1 Å². The molecule has 2 aromatic heterocycles. The van der Waals surface area contributed by atoms with Crippen LogP contribution in [0.3, 0.4) is 0 Å². The van der Waals surface area contributed by atoms with Gasteiger partial charge in [-0.25, -0.2) is 15.0 Å². The number of ether oxygens (including phenoxy) is 1. The van der Waals surface area contributed by atoms with Crippen LogP contribution in [0.4, 0.5) is 5.82 Å². The number of aliphatic hydroxyl groups excluding tert-OH is 2. The number of aliphatic hydroxyl groups is 2. The zero-order valence-corrected chi connectivity index (χ0v) is 10.3. The molecule has 4 N–H and O–H groups in total. The van der Waals surface area contributed by atoms with Crippen molar-refractivity contribution in [1.29, 1.82) is 0 Å². The summed E-state index contributed by atoms with van der Waals surface area (Å²) in [5, 5.41) is 28.8. The van der Waals surface area contributed by atoms with E-state index < -0.39 is 29.8 Å². The normalized spacial score (nSPS) is 28.9. The zero-order valence-electron chi connectivity index (χ0n) is 10.3. The highest BCUT2D eigenvalue weighted by Crippen LogP contribution is 2.32. The Hall–Kier alpha value is -2.57. The SMILES string of the molecule is Nc1ncnc2c1ncn2[C@@H]1O[C@H](O[N+](=O)[O-])[C@@H](O)[C@H]1O. The minimum absolute atomic E-state index is 0.130. The molecule has 0 saturated carbocycles. The number of anilines is 1. The van der Waals surface area contributed by atoms with E-state index in [2.05, 4.69) is 19.8 Å². The molecule has 4 atom stereocenters. The largest absolute Gasteiger partial charge is 0.385 e. The number of rotatable bonds is 3. The maximum absolute atomic E-state index is 10.3. The van der Waals surface area contributed by atoms with Crippen molar-refractivity contribution in [1.82, 2.24) is 19.5 Å². The van der Waals surface area contributed by atoms with E-state index in [-0.39, 0.29) is 17.0 Å². The molecule has 112 valence electrons. The van der Waals surface area contributed by atoms with Gasteiger partial charge in [0.25, 0.3) is 5.09 Å². The van der Waals surface area contributed by atoms with Gasteiger partial charge < -0.3 is 20.7 Å². The summed E-state index contributed by atoms with van der Waals surface area (Å²) in [5.74, 6) is 0.130. The first-order chi connectivity index (χ1) is 9.99. The fraction of sp³-hybridized carbons (Fsp3) is 0.444. The molecule has 21 heavy (non-hydrogen) atoms. The smallest absolute Gasteiger partial charge is 0.297 e. The number of nitrogens with zero attached hydrogens (tertiary/aromatic N) is 5. The van der Waals surface area contributed by atoms with Gasteiger partial charge in [0, 0.05) is 0 Å². The van der Waals surface area contributed by atoms with Crippen molar-refractivity contribution in [3.63, 3.8) is 0 Å². The first kappa shape index (κ1) is 13.4. The molecular formula is C9H10N6O6. The quantitative estimate of drug-likeness (QED) is 0.433. The summed E-state index contributed by atoms with van der Waals surface area (Å²) < 4.78 is 6.43. The lowest BCUT2D eigenvalue weighted by Crippen LogP contribution is -2.33. The number of fused-ring (bicyclic) bond motifs is 1. The van der Waals surface area contributed by atoms with Crippen LogP contribution in [0.25, 0.3) is 11.2 Å². The Morgan fingerprint density at radius 2 is 2.14 bits per heavy atom. The van der Waals surface area contributed by atoms with E-state index in [4.69, 9.17) is 10.5 Å². The van der Waals surface area contributed by atoms with Gasteiger partial charge in [0.15, 0.2) is 17.7 Å². The molecule has 3 rings (SSSR count). The van der Waals surface area contributed by atoms with E-state index >= 15 is 0 Å². The van der Waals surface area contributed by atoms with Gasteiger partial charge >= 0.3 is 0 Å². The fourth-order valence-electron chi connectivity index (χ4n) is 2.09. The Balaban J connectivity index is 1.96.